The van der Waals surface area contributed by atoms with Crippen LogP contribution in [0.4, 0.5) is 4.79 Å². The zero-order valence-electron chi connectivity index (χ0n) is 15.5. The molecule has 1 saturated heterocycles. The summed E-state index contributed by atoms with van der Waals surface area (Å²) in [4.78, 5) is 14.7. The molecule has 0 radical (unpaired) electrons. The number of methoxy groups -OCH3 is 1. The summed E-state index contributed by atoms with van der Waals surface area (Å²) in [5.74, 6) is 1.68. The van der Waals surface area contributed by atoms with E-state index in [-0.39, 0.29) is 12.1 Å². The van der Waals surface area contributed by atoms with Crippen LogP contribution in [-0.4, -0.2) is 39.4 Å². The number of ether oxygens (including phenoxy) is 1. The lowest BCUT2D eigenvalue weighted by molar-refractivity contribution is 0.145. The van der Waals surface area contributed by atoms with Crippen LogP contribution in [0.25, 0.3) is 0 Å². The first-order valence-electron chi connectivity index (χ1n) is 9.28. The number of piperidine rings is 1. The number of nitrogens with zero attached hydrogens (tertiary/aromatic N) is 4. The van der Waals surface area contributed by atoms with E-state index in [0.29, 0.717) is 6.54 Å². The molecule has 1 fully saturated rings. The third-order valence-electron chi connectivity index (χ3n) is 4.75. The van der Waals surface area contributed by atoms with Crippen molar-refractivity contribution in [2.24, 2.45) is 0 Å². The van der Waals surface area contributed by atoms with Gasteiger partial charge in [0.1, 0.15) is 12.1 Å². The fourth-order valence-corrected chi connectivity index (χ4v) is 3.44. The lowest BCUT2D eigenvalue weighted by atomic mass is 10.0. The molecule has 0 unspecified atom stereocenters. The van der Waals surface area contributed by atoms with Crippen LogP contribution < -0.4 is 10.1 Å². The van der Waals surface area contributed by atoms with E-state index in [1.54, 1.807) is 13.4 Å². The smallest absolute Gasteiger partial charge is 0.318 e. The van der Waals surface area contributed by atoms with E-state index in [1.807, 2.05) is 29.2 Å². The summed E-state index contributed by atoms with van der Waals surface area (Å²) >= 11 is 0. The number of hydrogen-bond acceptors (Lipinski definition) is 4. The molecule has 0 bridgehead atoms. The highest BCUT2D eigenvalue weighted by atomic mass is 16.5. The van der Waals surface area contributed by atoms with Crippen molar-refractivity contribution in [2.75, 3.05) is 13.7 Å². The molecular weight excluding hydrogens is 330 g/mol. The first-order valence-corrected chi connectivity index (χ1v) is 9.28. The molecule has 1 aliphatic heterocycles. The molecule has 26 heavy (non-hydrogen) atoms. The number of amides is 2. The highest BCUT2D eigenvalue weighted by Crippen LogP contribution is 2.29. The number of benzene rings is 1. The largest absolute Gasteiger partial charge is 0.497 e. The van der Waals surface area contributed by atoms with Crippen LogP contribution in [0.1, 0.15) is 50.0 Å². The third kappa shape index (κ3) is 4.15. The summed E-state index contributed by atoms with van der Waals surface area (Å²) < 4.78 is 7.31. The number of hydrogen-bond donors (Lipinski definition) is 1. The molecule has 7 nitrogen and oxygen atoms in total. The van der Waals surface area contributed by atoms with Gasteiger partial charge < -0.3 is 19.5 Å². The molecule has 2 heterocycles. The zero-order valence-corrected chi connectivity index (χ0v) is 15.5. The molecule has 0 aliphatic carbocycles. The Morgan fingerprint density at radius 2 is 2.27 bits per heavy atom. The van der Waals surface area contributed by atoms with Crippen molar-refractivity contribution in [1.82, 2.24) is 25.0 Å². The quantitative estimate of drug-likeness (QED) is 0.862. The van der Waals surface area contributed by atoms with Gasteiger partial charge in [0, 0.05) is 19.6 Å². The fourth-order valence-electron chi connectivity index (χ4n) is 3.44. The number of aryl methyl sites for hydroxylation is 1. The molecule has 1 aromatic carbocycles. The normalized spacial score (nSPS) is 17.2. The van der Waals surface area contributed by atoms with Gasteiger partial charge >= 0.3 is 6.03 Å². The maximum absolute atomic E-state index is 12.8. The first-order chi connectivity index (χ1) is 12.7. The molecule has 0 saturated carbocycles. The van der Waals surface area contributed by atoms with E-state index >= 15 is 0 Å². The second kappa shape index (κ2) is 8.69. The molecule has 3 rings (SSSR count). The molecule has 1 N–H and O–H groups in total. The summed E-state index contributed by atoms with van der Waals surface area (Å²) in [6.45, 7) is 4.22. The molecule has 1 atom stereocenters. The van der Waals surface area contributed by atoms with Crippen LogP contribution >= 0.6 is 0 Å². The van der Waals surface area contributed by atoms with Crippen molar-refractivity contribution in [3.8, 4) is 5.75 Å². The van der Waals surface area contributed by atoms with Crippen LogP contribution in [0.3, 0.4) is 0 Å². The third-order valence-corrected chi connectivity index (χ3v) is 4.75. The van der Waals surface area contributed by atoms with Crippen molar-refractivity contribution >= 4 is 6.03 Å². The monoisotopic (exact) mass is 357 g/mol. The molecule has 1 aromatic heterocycles. The number of carbonyl (C=O) groups is 1. The lowest BCUT2D eigenvalue weighted by Gasteiger charge is -2.35. The molecule has 7 heteroatoms. The molecule has 1 aliphatic rings. The summed E-state index contributed by atoms with van der Waals surface area (Å²) in [6.07, 6.45) is 5.82. The highest BCUT2D eigenvalue weighted by Gasteiger charge is 2.31. The number of aromatic nitrogens is 3. The summed E-state index contributed by atoms with van der Waals surface area (Å²) in [7, 11) is 1.64. The predicted octanol–water partition coefficient (Wildman–Crippen LogP) is 3.13. The number of rotatable bonds is 6. The van der Waals surface area contributed by atoms with E-state index in [0.717, 1.165) is 55.9 Å². The number of urea groups is 1. The van der Waals surface area contributed by atoms with Crippen LogP contribution in [-0.2, 0) is 13.1 Å². The molecule has 2 amide bonds. The Labute approximate surface area is 154 Å². The Hall–Kier alpha value is -2.57. The summed E-state index contributed by atoms with van der Waals surface area (Å²) in [5.41, 5.74) is 1.01. The topological polar surface area (TPSA) is 72.3 Å². The van der Waals surface area contributed by atoms with Crippen molar-refractivity contribution < 1.29 is 9.53 Å². The zero-order chi connectivity index (χ0) is 18.4. The number of carbonyl (C=O) groups excluding carboxylic acids is 1. The Bertz CT molecular complexity index is 730. The van der Waals surface area contributed by atoms with Gasteiger partial charge in [0.25, 0.3) is 0 Å². The number of nitrogens with one attached hydrogen (secondary N) is 1. The first kappa shape index (κ1) is 18.2. The van der Waals surface area contributed by atoms with Crippen molar-refractivity contribution in [3.05, 3.63) is 42.0 Å². The summed E-state index contributed by atoms with van der Waals surface area (Å²) in [5, 5.41) is 11.4. The van der Waals surface area contributed by atoms with Gasteiger partial charge in [-0.1, -0.05) is 19.1 Å². The van der Waals surface area contributed by atoms with Gasteiger partial charge in [-0.2, -0.15) is 0 Å². The molecule has 140 valence electrons. The SMILES string of the molecule is CCCn1cnnc1[C@H]1CCCCN1C(=O)NCc1cccc(OC)c1. The second-order valence-corrected chi connectivity index (χ2v) is 6.60. The number of likely N-dealkylation sites (tertiary alicyclic amines) is 1. The minimum Gasteiger partial charge on any atom is -0.497 e. The van der Waals surface area contributed by atoms with Crippen LogP contribution in [0.5, 0.6) is 5.75 Å². The average Bonchev–Trinajstić information content (AvgIpc) is 3.14. The van der Waals surface area contributed by atoms with Gasteiger partial charge in [-0.3, -0.25) is 0 Å². The van der Waals surface area contributed by atoms with E-state index in [1.165, 1.54) is 0 Å². The van der Waals surface area contributed by atoms with Crippen LogP contribution in [0, 0.1) is 0 Å². The van der Waals surface area contributed by atoms with Gasteiger partial charge in [-0.05, 0) is 43.4 Å². The maximum Gasteiger partial charge on any atom is 0.318 e. The minimum atomic E-state index is -0.0523. The van der Waals surface area contributed by atoms with E-state index in [9.17, 15) is 4.79 Å². The van der Waals surface area contributed by atoms with Gasteiger partial charge in [0.05, 0.1) is 13.2 Å². The minimum absolute atomic E-state index is 0.0110. The maximum atomic E-state index is 12.8. The van der Waals surface area contributed by atoms with Crippen LogP contribution in [0.2, 0.25) is 0 Å². The predicted molar refractivity (Wildman–Crippen MR) is 98.8 cm³/mol. The second-order valence-electron chi connectivity index (χ2n) is 6.60. The fraction of sp³-hybridized carbons (Fsp3) is 0.526. The Balaban J connectivity index is 1.68. The van der Waals surface area contributed by atoms with Crippen LogP contribution in [0.15, 0.2) is 30.6 Å². The van der Waals surface area contributed by atoms with E-state index in [2.05, 4.69) is 27.0 Å². The highest BCUT2D eigenvalue weighted by molar-refractivity contribution is 5.74. The standard InChI is InChI=1S/C19H27N5O2/c1-3-10-23-14-21-22-18(23)17-9-4-5-11-24(17)19(25)20-13-15-7-6-8-16(12-15)26-2/h6-8,12,14,17H,3-5,9-11,13H2,1-2H3,(H,20,25)/t17-/m1/s1. The van der Waals surface area contributed by atoms with Crippen molar-refractivity contribution in [2.45, 2.75) is 51.7 Å². The molecular formula is C19H27N5O2. The van der Waals surface area contributed by atoms with Gasteiger partial charge in [0.2, 0.25) is 0 Å². The molecule has 2 aromatic rings. The molecule has 0 spiro atoms. The van der Waals surface area contributed by atoms with Gasteiger partial charge in [0.15, 0.2) is 5.82 Å². The van der Waals surface area contributed by atoms with Crippen molar-refractivity contribution in [1.29, 1.82) is 0 Å². The Morgan fingerprint density at radius 1 is 1.38 bits per heavy atom. The average molecular weight is 357 g/mol. The van der Waals surface area contributed by atoms with Gasteiger partial charge in [-0.25, -0.2) is 4.79 Å². The lowest BCUT2D eigenvalue weighted by Crippen LogP contribution is -2.45. The van der Waals surface area contributed by atoms with Crippen molar-refractivity contribution in [3.63, 3.8) is 0 Å². The van der Waals surface area contributed by atoms with Gasteiger partial charge in [-0.15, -0.1) is 10.2 Å². The van der Waals surface area contributed by atoms with E-state index < -0.39 is 0 Å². The van der Waals surface area contributed by atoms with E-state index in [4.69, 9.17) is 4.74 Å². The Kier molecular flexibility index (Phi) is 6.09. The Morgan fingerprint density at radius 3 is 3.08 bits per heavy atom. The summed E-state index contributed by atoms with van der Waals surface area (Å²) in [6, 6.07) is 7.68.